The monoisotopic (exact) mass is 277 g/mol. The molecule has 1 fully saturated rings. The topological polar surface area (TPSA) is 79.9 Å². The third-order valence-corrected chi connectivity index (χ3v) is 4.00. The molecule has 1 saturated heterocycles. The molecule has 4 N–H and O–H groups in total. The maximum atomic E-state index is 8.98. The quantitative estimate of drug-likeness (QED) is 0.331. The van der Waals surface area contributed by atoms with Gasteiger partial charge in [-0.15, -0.1) is 0 Å². The van der Waals surface area contributed by atoms with Gasteiger partial charge in [0.2, 0.25) is 0 Å². The van der Waals surface area contributed by atoms with Gasteiger partial charge < -0.3 is 21.0 Å². The third kappa shape index (κ3) is 3.71. The van der Waals surface area contributed by atoms with E-state index in [1.807, 2.05) is 30.3 Å². The van der Waals surface area contributed by atoms with Crippen LogP contribution in [0.1, 0.15) is 31.2 Å². The van der Waals surface area contributed by atoms with E-state index in [1.165, 1.54) is 0 Å². The summed E-state index contributed by atoms with van der Waals surface area (Å²) in [4.78, 5) is 0. The predicted molar refractivity (Wildman–Crippen MR) is 79.1 cm³/mol. The molecule has 5 heteroatoms. The summed E-state index contributed by atoms with van der Waals surface area (Å²) in [6, 6.07) is 9.87. The van der Waals surface area contributed by atoms with Gasteiger partial charge in [-0.1, -0.05) is 35.5 Å². The van der Waals surface area contributed by atoms with Crippen molar-refractivity contribution in [2.45, 2.75) is 31.2 Å². The number of nitrogens with one attached hydrogen (secondary N) is 1. The number of ether oxygens (including phenoxy) is 1. The molecule has 0 radical (unpaired) electrons. The van der Waals surface area contributed by atoms with E-state index in [1.54, 1.807) is 0 Å². The summed E-state index contributed by atoms with van der Waals surface area (Å²) >= 11 is 0. The van der Waals surface area contributed by atoms with Crippen LogP contribution in [0, 0.1) is 0 Å². The van der Waals surface area contributed by atoms with E-state index >= 15 is 0 Å². The highest BCUT2D eigenvalue weighted by molar-refractivity contribution is 5.87. The summed E-state index contributed by atoms with van der Waals surface area (Å²) in [5.74, 6) is 0.111. The van der Waals surface area contributed by atoms with Crippen LogP contribution in [0.15, 0.2) is 35.5 Å². The lowest BCUT2D eigenvalue weighted by Gasteiger charge is -2.36. The van der Waals surface area contributed by atoms with Crippen molar-refractivity contribution in [3.8, 4) is 0 Å². The van der Waals surface area contributed by atoms with Gasteiger partial charge in [0.05, 0.1) is 5.92 Å². The van der Waals surface area contributed by atoms with E-state index < -0.39 is 0 Å². The van der Waals surface area contributed by atoms with Crippen LogP contribution >= 0.6 is 0 Å². The average Bonchev–Trinajstić information content (AvgIpc) is 2.49. The van der Waals surface area contributed by atoms with Gasteiger partial charge in [0.1, 0.15) is 5.84 Å². The first-order chi connectivity index (χ1) is 9.64. The second-order valence-electron chi connectivity index (χ2n) is 5.54. The molecule has 1 aromatic rings. The van der Waals surface area contributed by atoms with Crippen molar-refractivity contribution in [2.75, 3.05) is 19.8 Å². The molecule has 2 rings (SSSR count). The van der Waals surface area contributed by atoms with Crippen LogP contribution in [0.4, 0.5) is 0 Å². The van der Waals surface area contributed by atoms with Gasteiger partial charge in [0.15, 0.2) is 0 Å². The largest absolute Gasteiger partial charge is 0.409 e. The second-order valence-corrected chi connectivity index (χ2v) is 5.54. The summed E-state index contributed by atoms with van der Waals surface area (Å²) in [5.41, 5.74) is 6.95. The first-order valence-corrected chi connectivity index (χ1v) is 7.00. The third-order valence-electron chi connectivity index (χ3n) is 4.00. The first kappa shape index (κ1) is 14.8. The summed E-state index contributed by atoms with van der Waals surface area (Å²) in [5, 5.41) is 15.7. The molecule has 1 aliphatic heterocycles. The van der Waals surface area contributed by atoms with Crippen LogP contribution < -0.4 is 11.1 Å². The van der Waals surface area contributed by atoms with Crippen molar-refractivity contribution in [3.05, 3.63) is 35.9 Å². The van der Waals surface area contributed by atoms with Gasteiger partial charge >= 0.3 is 0 Å². The minimum Gasteiger partial charge on any atom is -0.409 e. The summed E-state index contributed by atoms with van der Waals surface area (Å²) < 4.78 is 5.40. The van der Waals surface area contributed by atoms with Gasteiger partial charge in [-0.25, -0.2) is 0 Å². The zero-order chi connectivity index (χ0) is 14.4. The van der Waals surface area contributed by atoms with E-state index in [4.69, 9.17) is 15.7 Å². The van der Waals surface area contributed by atoms with Gasteiger partial charge in [0.25, 0.3) is 0 Å². The Morgan fingerprint density at radius 3 is 2.65 bits per heavy atom. The Bertz CT molecular complexity index is 442. The van der Waals surface area contributed by atoms with Crippen molar-refractivity contribution in [1.29, 1.82) is 0 Å². The number of nitrogens with zero attached hydrogens (tertiary/aromatic N) is 1. The van der Waals surface area contributed by atoms with Crippen LogP contribution in [-0.4, -0.2) is 36.3 Å². The minimum absolute atomic E-state index is 0.0566. The Hall–Kier alpha value is -1.59. The number of hydrogen-bond donors (Lipinski definition) is 3. The number of oxime groups is 1. The standard InChI is InChI=1S/C15H23N3O2/c1-15(7-9-20-10-8-15)17-11-13(14(16)18-19)12-5-3-2-4-6-12/h2-6,13,17,19H,7-11H2,1H3,(H2,16,18). The normalized spacial score (nSPS) is 20.6. The lowest BCUT2D eigenvalue weighted by Crippen LogP contribution is -2.49. The SMILES string of the molecule is CC1(NCC(/C(N)=N/O)c2ccccc2)CCOCC1. The Balaban J connectivity index is 2.05. The van der Waals surface area contributed by atoms with Crippen LogP contribution in [0.5, 0.6) is 0 Å². The lowest BCUT2D eigenvalue weighted by atomic mass is 9.90. The molecule has 1 aliphatic rings. The zero-order valence-electron chi connectivity index (χ0n) is 11.9. The second kappa shape index (κ2) is 6.72. The van der Waals surface area contributed by atoms with Gasteiger partial charge in [-0.05, 0) is 25.3 Å². The van der Waals surface area contributed by atoms with Crippen LogP contribution in [-0.2, 0) is 4.74 Å². The summed E-state index contributed by atoms with van der Waals surface area (Å²) in [7, 11) is 0. The molecule has 1 heterocycles. The van der Waals surface area contributed by atoms with E-state index in [-0.39, 0.29) is 17.3 Å². The number of hydrogen-bond acceptors (Lipinski definition) is 4. The lowest BCUT2D eigenvalue weighted by molar-refractivity contribution is 0.0453. The number of rotatable bonds is 5. The molecule has 20 heavy (non-hydrogen) atoms. The predicted octanol–water partition coefficient (Wildman–Crippen LogP) is 1.68. The molecule has 0 aliphatic carbocycles. The van der Waals surface area contributed by atoms with Crippen LogP contribution in [0.25, 0.3) is 0 Å². The molecule has 0 amide bonds. The van der Waals surface area contributed by atoms with Crippen molar-refractivity contribution < 1.29 is 9.94 Å². The zero-order valence-corrected chi connectivity index (χ0v) is 11.9. The molecule has 0 spiro atoms. The minimum atomic E-state index is -0.124. The fourth-order valence-corrected chi connectivity index (χ4v) is 2.50. The summed E-state index contributed by atoms with van der Waals surface area (Å²) in [6.07, 6.45) is 1.95. The number of benzene rings is 1. The molecule has 0 bridgehead atoms. The maximum Gasteiger partial charge on any atom is 0.147 e. The van der Waals surface area contributed by atoms with Gasteiger partial charge in [-0.2, -0.15) is 0 Å². The Kier molecular flexibility index (Phi) is 4.98. The smallest absolute Gasteiger partial charge is 0.147 e. The van der Waals surface area contributed by atoms with Crippen molar-refractivity contribution in [3.63, 3.8) is 0 Å². The molecule has 0 saturated carbocycles. The van der Waals surface area contributed by atoms with E-state index in [0.29, 0.717) is 6.54 Å². The first-order valence-electron chi connectivity index (χ1n) is 7.00. The molecule has 0 aromatic heterocycles. The van der Waals surface area contributed by atoms with E-state index in [9.17, 15) is 0 Å². The van der Waals surface area contributed by atoms with Crippen molar-refractivity contribution >= 4 is 5.84 Å². The molecule has 110 valence electrons. The highest BCUT2D eigenvalue weighted by Gasteiger charge is 2.28. The van der Waals surface area contributed by atoms with E-state index in [0.717, 1.165) is 31.6 Å². The fourth-order valence-electron chi connectivity index (χ4n) is 2.50. The van der Waals surface area contributed by atoms with Gasteiger partial charge in [-0.3, -0.25) is 0 Å². The van der Waals surface area contributed by atoms with Crippen molar-refractivity contribution in [2.24, 2.45) is 10.9 Å². The van der Waals surface area contributed by atoms with Crippen molar-refractivity contribution in [1.82, 2.24) is 5.32 Å². The Morgan fingerprint density at radius 2 is 2.05 bits per heavy atom. The average molecular weight is 277 g/mol. The molecule has 1 atom stereocenters. The number of nitrogens with two attached hydrogens (primary N) is 1. The molecular formula is C15H23N3O2. The van der Waals surface area contributed by atoms with E-state index in [2.05, 4.69) is 17.4 Å². The van der Waals surface area contributed by atoms with Crippen LogP contribution in [0.3, 0.4) is 0 Å². The summed E-state index contributed by atoms with van der Waals surface area (Å²) in [6.45, 7) is 4.41. The van der Waals surface area contributed by atoms with Gasteiger partial charge in [0, 0.05) is 25.3 Å². The highest BCUT2D eigenvalue weighted by Crippen LogP contribution is 2.22. The maximum absolute atomic E-state index is 8.98. The molecule has 1 unspecified atom stereocenters. The number of amidine groups is 1. The van der Waals surface area contributed by atoms with Crippen LogP contribution in [0.2, 0.25) is 0 Å². The molecule has 5 nitrogen and oxygen atoms in total. The Labute approximate surface area is 119 Å². The highest BCUT2D eigenvalue weighted by atomic mass is 16.5. The molecule has 1 aromatic carbocycles. The molecular weight excluding hydrogens is 254 g/mol. The fraction of sp³-hybridized carbons (Fsp3) is 0.533. The Morgan fingerprint density at radius 1 is 1.40 bits per heavy atom.